The van der Waals surface area contributed by atoms with Gasteiger partial charge in [0.05, 0.1) is 0 Å². The van der Waals surface area contributed by atoms with Crippen LogP contribution in [0.3, 0.4) is 0 Å². The lowest BCUT2D eigenvalue weighted by molar-refractivity contribution is 0.307. The molecule has 3 nitrogen and oxygen atoms in total. The Morgan fingerprint density at radius 1 is 1.47 bits per heavy atom. The monoisotopic (exact) mass is 252 g/mol. The number of rotatable bonds is 5. The van der Waals surface area contributed by atoms with Crippen LogP contribution < -0.4 is 5.73 Å². The van der Waals surface area contributed by atoms with E-state index in [2.05, 4.69) is 36.3 Å². The molecule has 0 aliphatic heterocycles. The molecule has 0 fully saturated rings. The second-order valence-electron chi connectivity index (χ2n) is 4.78. The van der Waals surface area contributed by atoms with Crippen molar-refractivity contribution in [3.8, 4) is 0 Å². The van der Waals surface area contributed by atoms with Gasteiger partial charge in [0.1, 0.15) is 5.84 Å². The Bertz CT molecular complexity index is 402. The smallest absolute Gasteiger partial charge is 0.144 e. The highest BCUT2D eigenvalue weighted by atomic mass is 32.2. The van der Waals surface area contributed by atoms with Gasteiger partial charge in [0.25, 0.3) is 0 Å². The van der Waals surface area contributed by atoms with Crippen molar-refractivity contribution in [2.45, 2.75) is 32.1 Å². The summed E-state index contributed by atoms with van der Waals surface area (Å²) in [6.45, 7) is 6.06. The van der Waals surface area contributed by atoms with Crippen LogP contribution in [0.25, 0.3) is 0 Å². The van der Waals surface area contributed by atoms with Gasteiger partial charge in [0.15, 0.2) is 0 Å². The zero-order valence-corrected chi connectivity index (χ0v) is 11.4. The Kier molecular flexibility index (Phi) is 4.87. The molecule has 0 radical (unpaired) electrons. The highest BCUT2D eigenvalue weighted by Crippen LogP contribution is 2.27. The van der Waals surface area contributed by atoms with E-state index in [4.69, 9.17) is 10.9 Å². The van der Waals surface area contributed by atoms with Crippen molar-refractivity contribution in [2.75, 3.05) is 5.75 Å². The van der Waals surface area contributed by atoms with Crippen LogP contribution in [0.2, 0.25) is 0 Å². The van der Waals surface area contributed by atoms with E-state index in [1.54, 1.807) is 11.8 Å². The van der Waals surface area contributed by atoms with Crippen molar-refractivity contribution in [3.05, 3.63) is 29.8 Å². The van der Waals surface area contributed by atoms with E-state index < -0.39 is 0 Å². The third-order valence-corrected chi connectivity index (χ3v) is 3.78. The van der Waals surface area contributed by atoms with Crippen LogP contribution >= 0.6 is 11.8 Å². The molecular weight excluding hydrogens is 232 g/mol. The van der Waals surface area contributed by atoms with Gasteiger partial charge in [-0.25, -0.2) is 0 Å². The number of nitrogens with two attached hydrogens (primary N) is 1. The molecule has 17 heavy (non-hydrogen) atoms. The molecule has 4 heteroatoms. The van der Waals surface area contributed by atoms with Crippen LogP contribution in [0.15, 0.2) is 34.3 Å². The summed E-state index contributed by atoms with van der Waals surface area (Å²) in [5.74, 6) is 1.24. The predicted octanol–water partition coefficient (Wildman–Crippen LogP) is 3.25. The summed E-state index contributed by atoms with van der Waals surface area (Å²) in [4.78, 5) is 1.26. The molecule has 1 rings (SSSR count). The summed E-state index contributed by atoms with van der Waals surface area (Å²) in [6, 6.07) is 8.42. The molecular formula is C13H20N2OS. The van der Waals surface area contributed by atoms with Gasteiger partial charge in [-0.05, 0) is 31.2 Å². The highest BCUT2D eigenvalue weighted by Gasteiger charge is 2.22. The standard InChI is InChI=1S/C13H20N2OS/c1-10-5-4-6-11(9-10)17-8-7-13(2,3)12(14)15-16/h4-6,9,16H,7-8H2,1-3H3,(H2,14,15). The SMILES string of the molecule is Cc1cccc(SCCC(C)(C)C(N)=NO)c1. The van der Waals surface area contributed by atoms with E-state index in [1.807, 2.05) is 13.8 Å². The van der Waals surface area contributed by atoms with Crippen molar-refractivity contribution in [2.24, 2.45) is 16.3 Å². The van der Waals surface area contributed by atoms with Crippen LogP contribution in [0.1, 0.15) is 25.8 Å². The normalized spacial score (nSPS) is 12.8. The Morgan fingerprint density at radius 3 is 2.76 bits per heavy atom. The van der Waals surface area contributed by atoms with E-state index in [0.717, 1.165) is 12.2 Å². The first-order valence-corrected chi connectivity index (χ1v) is 6.62. The van der Waals surface area contributed by atoms with Gasteiger partial charge in [-0.15, -0.1) is 11.8 Å². The molecule has 3 N–H and O–H groups in total. The molecule has 0 bridgehead atoms. The summed E-state index contributed by atoms with van der Waals surface area (Å²) in [5, 5.41) is 11.8. The number of benzene rings is 1. The fourth-order valence-electron chi connectivity index (χ4n) is 1.39. The minimum absolute atomic E-state index is 0.258. The summed E-state index contributed by atoms with van der Waals surface area (Å²) < 4.78 is 0. The van der Waals surface area contributed by atoms with E-state index in [-0.39, 0.29) is 5.41 Å². The second kappa shape index (κ2) is 5.96. The van der Waals surface area contributed by atoms with Gasteiger partial charge < -0.3 is 10.9 Å². The van der Waals surface area contributed by atoms with Crippen LogP contribution in [0.4, 0.5) is 0 Å². The number of hydrogen-bond donors (Lipinski definition) is 2. The van der Waals surface area contributed by atoms with E-state index in [1.165, 1.54) is 10.5 Å². The lowest BCUT2D eigenvalue weighted by atomic mass is 9.89. The molecule has 0 unspecified atom stereocenters. The minimum atomic E-state index is -0.258. The fraction of sp³-hybridized carbons (Fsp3) is 0.462. The van der Waals surface area contributed by atoms with Crippen LogP contribution in [-0.4, -0.2) is 16.8 Å². The summed E-state index contributed by atoms with van der Waals surface area (Å²) in [6.07, 6.45) is 0.876. The molecule has 0 amide bonds. The number of oxime groups is 1. The topological polar surface area (TPSA) is 58.6 Å². The maximum absolute atomic E-state index is 8.68. The molecule has 0 heterocycles. The average molecular weight is 252 g/mol. The number of amidine groups is 1. The van der Waals surface area contributed by atoms with Gasteiger partial charge in [-0.1, -0.05) is 36.7 Å². The molecule has 0 saturated carbocycles. The number of hydrogen-bond acceptors (Lipinski definition) is 3. The molecule has 1 aromatic carbocycles. The van der Waals surface area contributed by atoms with Crippen molar-refractivity contribution in [1.82, 2.24) is 0 Å². The number of aryl methyl sites for hydroxylation is 1. The molecule has 0 aliphatic carbocycles. The van der Waals surface area contributed by atoms with E-state index in [0.29, 0.717) is 5.84 Å². The summed E-state index contributed by atoms with van der Waals surface area (Å²) >= 11 is 1.80. The largest absolute Gasteiger partial charge is 0.409 e. The molecule has 1 aromatic rings. The Hall–Kier alpha value is -1.16. The third kappa shape index (κ3) is 4.30. The first-order chi connectivity index (χ1) is 7.95. The Labute approximate surface area is 107 Å². The van der Waals surface area contributed by atoms with Gasteiger partial charge in [-0.2, -0.15) is 0 Å². The lowest BCUT2D eigenvalue weighted by Gasteiger charge is -2.22. The van der Waals surface area contributed by atoms with Gasteiger partial charge in [0, 0.05) is 10.3 Å². The van der Waals surface area contributed by atoms with Gasteiger partial charge in [-0.3, -0.25) is 0 Å². The third-order valence-electron chi connectivity index (χ3n) is 2.79. The first-order valence-electron chi connectivity index (χ1n) is 5.63. The molecule has 0 aliphatic rings. The zero-order valence-electron chi connectivity index (χ0n) is 10.6. The molecule has 0 saturated heterocycles. The first kappa shape index (κ1) is 13.9. The van der Waals surface area contributed by atoms with Crippen LogP contribution in [-0.2, 0) is 0 Å². The minimum Gasteiger partial charge on any atom is -0.409 e. The predicted molar refractivity (Wildman–Crippen MR) is 73.7 cm³/mol. The zero-order chi connectivity index (χ0) is 12.9. The van der Waals surface area contributed by atoms with Crippen molar-refractivity contribution >= 4 is 17.6 Å². The number of thioether (sulfide) groups is 1. The summed E-state index contributed by atoms with van der Waals surface area (Å²) in [5.41, 5.74) is 6.66. The highest BCUT2D eigenvalue weighted by molar-refractivity contribution is 7.99. The fourth-order valence-corrected chi connectivity index (χ4v) is 2.68. The van der Waals surface area contributed by atoms with E-state index in [9.17, 15) is 0 Å². The molecule has 0 spiro atoms. The van der Waals surface area contributed by atoms with Gasteiger partial charge >= 0.3 is 0 Å². The van der Waals surface area contributed by atoms with Crippen LogP contribution in [0, 0.1) is 12.3 Å². The van der Waals surface area contributed by atoms with Crippen LogP contribution in [0.5, 0.6) is 0 Å². The lowest BCUT2D eigenvalue weighted by Crippen LogP contribution is -2.32. The molecule has 94 valence electrons. The average Bonchev–Trinajstić information content (AvgIpc) is 2.27. The maximum atomic E-state index is 8.68. The quantitative estimate of drug-likeness (QED) is 0.278. The molecule has 0 aromatic heterocycles. The Balaban J connectivity index is 2.48. The Morgan fingerprint density at radius 2 is 2.18 bits per heavy atom. The maximum Gasteiger partial charge on any atom is 0.144 e. The number of nitrogens with zero attached hydrogens (tertiary/aromatic N) is 1. The second-order valence-corrected chi connectivity index (χ2v) is 5.95. The molecule has 0 atom stereocenters. The van der Waals surface area contributed by atoms with Crippen molar-refractivity contribution in [1.29, 1.82) is 0 Å². The van der Waals surface area contributed by atoms with Crippen molar-refractivity contribution < 1.29 is 5.21 Å². The van der Waals surface area contributed by atoms with Gasteiger partial charge in [0.2, 0.25) is 0 Å². The summed E-state index contributed by atoms with van der Waals surface area (Å²) in [7, 11) is 0. The van der Waals surface area contributed by atoms with E-state index >= 15 is 0 Å². The van der Waals surface area contributed by atoms with Crippen molar-refractivity contribution in [3.63, 3.8) is 0 Å².